The van der Waals surface area contributed by atoms with E-state index in [4.69, 9.17) is 19.3 Å². The van der Waals surface area contributed by atoms with Gasteiger partial charge in [-0.05, 0) is 78.3 Å². The van der Waals surface area contributed by atoms with Gasteiger partial charge in [0.15, 0.2) is 11.5 Å². The molecule has 0 radical (unpaired) electrons. The minimum atomic E-state index is 0.583. The summed E-state index contributed by atoms with van der Waals surface area (Å²) in [7, 11) is 4.88. The third-order valence-electron chi connectivity index (χ3n) is 5.14. The zero-order chi connectivity index (χ0) is 20.4. The van der Waals surface area contributed by atoms with Crippen molar-refractivity contribution in [2.24, 2.45) is 0 Å². The second kappa shape index (κ2) is 8.52. The van der Waals surface area contributed by atoms with E-state index in [1.54, 1.807) is 21.3 Å². The van der Waals surface area contributed by atoms with E-state index < -0.39 is 0 Å². The summed E-state index contributed by atoms with van der Waals surface area (Å²) in [5, 5.41) is 8.60. The van der Waals surface area contributed by atoms with E-state index in [1.165, 1.54) is 9.13 Å². The van der Waals surface area contributed by atoms with E-state index >= 15 is 0 Å². The summed E-state index contributed by atoms with van der Waals surface area (Å²) in [4.78, 5) is 0. The molecule has 0 saturated carbocycles. The molecule has 1 aromatic heterocycles. The molecule has 6 nitrogen and oxygen atoms in total. The first-order chi connectivity index (χ1) is 14.2. The molecular formula is C22H24IN3O3. The van der Waals surface area contributed by atoms with Gasteiger partial charge in [-0.3, -0.25) is 0 Å². The molecule has 0 unspecified atom stereocenters. The van der Waals surface area contributed by atoms with E-state index in [1.807, 2.05) is 16.8 Å². The van der Waals surface area contributed by atoms with Crippen molar-refractivity contribution in [3.8, 4) is 34.2 Å². The smallest absolute Gasteiger partial charge is 0.203 e. The number of methoxy groups -OCH3 is 3. The highest BCUT2D eigenvalue weighted by atomic mass is 127. The van der Waals surface area contributed by atoms with Gasteiger partial charge in [0.2, 0.25) is 5.75 Å². The largest absolute Gasteiger partial charge is 0.493 e. The van der Waals surface area contributed by atoms with Crippen molar-refractivity contribution in [3.05, 3.63) is 45.5 Å². The Morgan fingerprint density at radius 2 is 1.66 bits per heavy atom. The Balaban J connectivity index is 1.91. The second-order valence-electron chi connectivity index (χ2n) is 6.86. The Labute approximate surface area is 184 Å². The van der Waals surface area contributed by atoms with Crippen molar-refractivity contribution in [2.45, 2.75) is 19.3 Å². The Bertz CT molecular complexity index is 990. The van der Waals surface area contributed by atoms with Gasteiger partial charge in [-0.15, -0.1) is 0 Å². The maximum absolute atomic E-state index is 5.56. The van der Waals surface area contributed by atoms with Crippen LogP contribution in [-0.4, -0.2) is 37.7 Å². The van der Waals surface area contributed by atoms with E-state index in [0.717, 1.165) is 48.6 Å². The van der Waals surface area contributed by atoms with Crippen LogP contribution >= 0.6 is 22.6 Å². The van der Waals surface area contributed by atoms with E-state index in [9.17, 15) is 0 Å². The molecule has 29 heavy (non-hydrogen) atoms. The molecule has 2 heterocycles. The fraction of sp³-hybridized carbons (Fsp3) is 0.318. The Morgan fingerprint density at radius 1 is 0.966 bits per heavy atom. The molecule has 3 aromatic rings. The number of halogens is 1. The standard InChI is InChI=1S/C22H24IN3O3/c1-27-18-12-14(13-19(28-2)21(18)29-3)20-17-6-4-5-11-24-22(17)26(25-20)16-9-7-15(23)8-10-16/h7-10,12-13,24H,4-6,11H2,1-3H3. The van der Waals surface area contributed by atoms with Gasteiger partial charge in [-0.1, -0.05) is 0 Å². The topological polar surface area (TPSA) is 57.5 Å². The second-order valence-corrected chi connectivity index (χ2v) is 8.11. The maximum atomic E-state index is 5.56. The van der Waals surface area contributed by atoms with Crippen LogP contribution in [0.25, 0.3) is 16.9 Å². The van der Waals surface area contributed by atoms with Gasteiger partial charge in [0.05, 0.1) is 32.7 Å². The predicted molar refractivity (Wildman–Crippen MR) is 123 cm³/mol. The molecule has 0 atom stereocenters. The van der Waals surface area contributed by atoms with Crippen LogP contribution in [0.2, 0.25) is 0 Å². The minimum Gasteiger partial charge on any atom is -0.493 e. The Kier molecular flexibility index (Phi) is 5.84. The lowest BCUT2D eigenvalue weighted by Gasteiger charge is -2.14. The van der Waals surface area contributed by atoms with Crippen molar-refractivity contribution in [1.29, 1.82) is 0 Å². The van der Waals surface area contributed by atoms with Crippen LogP contribution in [0.4, 0.5) is 5.82 Å². The third-order valence-corrected chi connectivity index (χ3v) is 5.86. The molecule has 1 aliphatic rings. The van der Waals surface area contributed by atoms with Gasteiger partial charge in [-0.2, -0.15) is 5.10 Å². The summed E-state index contributed by atoms with van der Waals surface area (Å²) < 4.78 is 19.8. The molecule has 152 valence electrons. The molecule has 0 bridgehead atoms. The molecule has 0 saturated heterocycles. The normalized spacial score (nSPS) is 13.2. The third kappa shape index (κ3) is 3.75. The molecule has 0 spiro atoms. The van der Waals surface area contributed by atoms with Crippen LogP contribution in [-0.2, 0) is 6.42 Å². The van der Waals surface area contributed by atoms with Crippen LogP contribution < -0.4 is 19.5 Å². The Hall–Kier alpha value is -2.42. The summed E-state index contributed by atoms with van der Waals surface area (Å²) in [6.07, 6.45) is 3.23. The quantitative estimate of drug-likeness (QED) is 0.500. The number of hydrogen-bond acceptors (Lipinski definition) is 5. The molecule has 4 rings (SSSR count). The van der Waals surface area contributed by atoms with Crippen molar-refractivity contribution in [3.63, 3.8) is 0 Å². The summed E-state index contributed by atoms with van der Waals surface area (Å²) in [5.41, 5.74) is 4.14. The van der Waals surface area contributed by atoms with Gasteiger partial charge < -0.3 is 19.5 Å². The molecule has 1 N–H and O–H groups in total. The van der Waals surface area contributed by atoms with E-state index in [-0.39, 0.29) is 0 Å². The Morgan fingerprint density at radius 3 is 2.28 bits per heavy atom. The SMILES string of the molecule is COc1cc(-c2nn(-c3ccc(I)cc3)c3c2CCCCN3)cc(OC)c1OC. The number of fused-ring (bicyclic) bond motifs is 1. The van der Waals surface area contributed by atoms with Crippen LogP contribution in [0.3, 0.4) is 0 Å². The fourth-order valence-electron chi connectivity index (χ4n) is 3.72. The summed E-state index contributed by atoms with van der Waals surface area (Å²) in [5.74, 6) is 2.90. The van der Waals surface area contributed by atoms with Gasteiger partial charge in [0.1, 0.15) is 5.82 Å². The lowest BCUT2D eigenvalue weighted by molar-refractivity contribution is 0.324. The monoisotopic (exact) mass is 505 g/mol. The highest BCUT2D eigenvalue weighted by Crippen LogP contribution is 2.43. The first kappa shape index (κ1) is 19.9. The number of ether oxygens (including phenoxy) is 3. The number of hydrogen-bond donors (Lipinski definition) is 1. The molecule has 0 fully saturated rings. The van der Waals surface area contributed by atoms with Crippen molar-refractivity contribution >= 4 is 28.4 Å². The zero-order valence-corrected chi connectivity index (χ0v) is 18.9. The van der Waals surface area contributed by atoms with Crippen LogP contribution in [0.1, 0.15) is 18.4 Å². The minimum absolute atomic E-state index is 0.583. The van der Waals surface area contributed by atoms with Gasteiger partial charge >= 0.3 is 0 Å². The number of rotatable bonds is 5. The number of nitrogens with zero attached hydrogens (tertiary/aromatic N) is 2. The highest BCUT2D eigenvalue weighted by molar-refractivity contribution is 14.1. The first-order valence-corrected chi connectivity index (χ1v) is 10.7. The lowest BCUT2D eigenvalue weighted by atomic mass is 10.0. The molecule has 7 heteroatoms. The number of nitrogens with one attached hydrogen (secondary N) is 1. The zero-order valence-electron chi connectivity index (χ0n) is 16.8. The molecular weight excluding hydrogens is 481 g/mol. The average Bonchev–Trinajstić information content (AvgIpc) is 2.94. The highest BCUT2D eigenvalue weighted by Gasteiger charge is 2.24. The van der Waals surface area contributed by atoms with Crippen molar-refractivity contribution in [2.75, 3.05) is 33.2 Å². The summed E-state index contributed by atoms with van der Waals surface area (Å²) >= 11 is 2.32. The van der Waals surface area contributed by atoms with Crippen molar-refractivity contribution < 1.29 is 14.2 Å². The van der Waals surface area contributed by atoms with E-state index in [0.29, 0.717) is 17.2 Å². The van der Waals surface area contributed by atoms with Crippen LogP contribution in [0.15, 0.2) is 36.4 Å². The summed E-state index contributed by atoms with van der Waals surface area (Å²) in [6, 6.07) is 12.3. The molecule has 1 aliphatic heterocycles. The predicted octanol–water partition coefficient (Wildman–Crippen LogP) is 4.92. The van der Waals surface area contributed by atoms with Crippen molar-refractivity contribution in [1.82, 2.24) is 9.78 Å². The van der Waals surface area contributed by atoms with Gasteiger partial charge in [0, 0.05) is 21.2 Å². The number of anilines is 1. The molecule has 2 aromatic carbocycles. The van der Waals surface area contributed by atoms with Gasteiger partial charge in [0.25, 0.3) is 0 Å². The number of aromatic nitrogens is 2. The van der Waals surface area contributed by atoms with E-state index in [2.05, 4.69) is 52.2 Å². The lowest BCUT2D eigenvalue weighted by Crippen LogP contribution is -2.07. The molecule has 0 aliphatic carbocycles. The average molecular weight is 505 g/mol. The van der Waals surface area contributed by atoms with Crippen LogP contribution in [0.5, 0.6) is 17.2 Å². The van der Waals surface area contributed by atoms with Crippen LogP contribution in [0, 0.1) is 3.57 Å². The molecule has 0 amide bonds. The summed E-state index contributed by atoms with van der Waals surface area (Å²) in [6.45, 7) is 0.942. The van der Waals surface area contributed by atoms with Gasteiger partial charge in [-0.25, -0.2) is 4.68 Å². The first-order valence-electron chi connectivity index (χ1n) is 9.58. The maximum Gasteiger partial charge on any atom is 0.203 e. The fourth-order valence-corrected chi connectivity index (χ4v) is 4.08. The number of benzene rings is 2.